The third kappa shape index (κ3) is 4.24. The van der Waals surface area contributed by atoms with Gasteiger partial charge in [0.1, 0.15) is 0 Å². The number of halogens is 1. The lowest BCUT2D eigenvalue weighted by atomic mass is 10.1. The first-order valence-corrected chi connectivity index (χ1v) is 7.14. The second kappa shape index (κ2) is 6.64. The normalized spacial score (nSPS) is 10.0. The monoisotopic (exact) mass is 366 g/mol. The lowest BCUT2D eigenvalue weighted by Crippen LogP contribution is -2.33. The van der Waals surface area contributed by atoms with Crippen LogP contribution in [0.3, 0.4) is 0 Å². The molecule has 0 unspecified atom stereocenters. The molecular formula is C14H11BrN2O3S. The van der Waals surface area contributed by atoms with Crippen LogP contribution in [0.15, 0.2) is 45.5 Å². The van der Waals surface area contributed by atoms with Crippen LogP contribution in [0.2, 0.25) is 0 Å². The highest BCUT2D eigenvalue weighted by atomic mass is 79.9. The minimum atomic E-state index is -0.446. The number of thiocarbonyl (C=S) groups is 1. The topological polar surface area (TPSA) is 71.3 Å². The third-order valence-corrected chi connectivity index (χ3v) is 3.20. The lowest BCUT2D eigenvalue weighted by Gasteiger charge is -2.08. The van der Waals surface area contributed by atoms with Gasteiger partial charge in [-0.15, -0.1) is 0 Å². The molecule has 0 spiro atoms. The zero-order valence-corrected chi connectivity index (χ0v) is 13.4. The van der Waals surface area contributed by atoms with E-state index in [2.05, 4.69) is 26.6 Å². The van der Waals surface area contributed by atoms with Crippen LogP contribution >= 0.6 is 28.1 Å². The summed E-state index contributed by atoms with van der Waals surface area (Å²) < 4.78 is 5.58. The molecule has 1 amide bonds. The molecule has 0 aliphatic rings. The summed E-state index contributed by atoms with van der Waals surface area (Å²) in [5.74, 6) is -0.308. The Labute approximate surface area is 134 Å². The zero-order valence-electron chi connectivity index (χ0n) is 11.0. The van der Waals surface area contributed by atoms with Gasteiger partial charge in [0.15, 0.2) is 21.3 Å². The fourth-order valence-corrected chi connectivity index (χ4v) is 2.07. The van der Waals surface area contributed by atoms with Gasteiger partial charge >= 0.3 is 0 Å². The number of furan rings is 1. The second-order valence-corrected chi connectivity index (χ2v) is 5.34. The van der Waals surface area contributed by atoms with Gasteiger partial charge in [0.25, 0.3) is 5.91 Å². The van der Waals surface area contributed by atoms with Crippen molar-refractivity contribution >= 4 is 50.6 Å². The van der Waals surface area contributed by atoms with Crippen LogP contribution in [0.4, 0.5) is 5.69 Å². The first-order chi connectivity index (χ1) is 9.95. The summed E-state index contributed by atoms with van der Waals surface area (Å²) in [5, 5.41) is 5.49. The third-order valence-electron chi connectivity index (χ3n) is 2.57. The number of benzene rings is 1. The van der Waals surface area contributed by atoms with E-state index in [4.69, 9.17) is 16.6 Å². The number of nitrogens with one attached hydrogen (secondary N) is 2. The Hall–Kier alpha value is -1.99. The largest absolute Gasteiger partial charge is 0.444 e. The molecule has 0 saturated heterocycles. The number of carbonyl (C=O) groups excluding carboxylic acids is 2. The van der Waals surface area contributed by atoms with Crippen LogP contribution < -0.4 is 10.6 Å². The molecular weight excluding hydrogens is 356 g/mol. The molecule has 1 aromatic heterocycles. The fraction of sp³-hybridized carbons (Fsp3) is 0.0714. The van der Waals surface area contributed by atoms with E-state index in [1.807, 2.05) is 0 Å². The number of anilines is 1. The fourth-order valence-electron chi connectivity index (χ4n) is 1.55. The number of hydrogen-bond acceptors (Lipinski definition) is 4. The van der Waals surface area contributed by atoms with Crippen molar-refractivity contribution in [1.29, 1.82) is 0 Å². The maximum Gasteiger partial charge on any atom is 0.293 e. The van der Waals surface area contributed by atoms with E-state index < -0.39 is 5.91 Å². The van der Waals surface area contributed by atoms with Gasteiger partial charge in [-0.2, -0.15) is 0 Å². The van der Waals surface area contributed by atoms with Crippen LogP contribution in [-0.2, 0) is 0 Å². The maximum atomic E-state index is 11.8. The zero-order chi connectivity index (χ0) is 15.4. The summed E-state index contributed by atoms with van der Waals surface area (Å²) in [6.45, 7) is 1.49. The van der Waals surface area contributed by atoms with Crippen molar-refractivity contribution in [3.05, 3.63) is 52.4 Å². The Bertz CT molecular complexity index is 694. The van der Waals surface area contributed by atoms with E-state index in [1.165, 1.54) is 13.0 Å². The van der Waals surface area contributed by atoms with E-state index in [9.17, 15) is 9.59 Å². The van der Waals surface area contributed by atoms with Crippen molar-refractivity contribution in [2.24, 2.45) is 0 Å². The van der Waals surface area contributed by atoms with Crippen molar-refractivity contribution in [2.75, 3.05) is 5.32 Å². The molecule has 0 atom stereocenters. The molecule has 108 valence electrons. The molecule has 0 aliphatic heterocycles. The van der Waals surface area contributed by atoms with Gasteiger partial charge in [0, 0.05) is 11.3 Å². The number of rotatable bonds is 3. The summed E-state index contributed by atoms with van der Waals surface area (Å²) >= 11 is 8.16. The Balaban J connectivity index is 1.95. The van der Waals surface area contributed by atoms with Gasteiger partial charge in [0.05, 0.1) is 0 Å². The molecule has 0 saturated carbocycles. The highest BCUT2D eigenvalue weighted by molar-refractivity contribution is 9.10. The minimum Gasteiger partial charge on any atom is -0.444 e. The Morgan fingerprint density at radius 3 is 2.33 bits per heavy atom. The van der Waals surface area contributed by atoms with E-state index in [-0.39, 0.29) is 16.7 Å². The molecule has 2 rings (SSSR count). The van der Waals surface area contributed by atoms with Gasteiger partial charge in [-0.1, -0.05) is 0 Å². The van der Waals surface area contributed by atoms with Gasteiger partial charge < -0.3 is 9.73 Å². The highest BCUT2D eigenvalue weighted by Gasteiger charge is 2.12. The Kier molecular flexibility index (Phi) is 4.87. The summed E-state index contributed by atoms with van der Waals surface area (Å²) in [6, 6.07) is 9.92. The number of hydrogen-bond donors (Lipinski definition) is 2. The van der Waals surface area contributed by atoms with Crippen molar-refractivity contribution in [3.8, 4) is 0 Å². The van der Waals surface area contributed by atoms with Crippen LogP contribution in [0.1, 0.15) is 27.8 Å². The highest BCUT2D eigenvalue weighted by Crippen LogP contribution is 2.14. The maximum absolute atomic E-state index is 11.8. The standard InChI is InChI=1S/C14H11BrN2O3S/c1-8(18)9-2-4-10(5-3-9)16-14(21)17-13(19)11-6-7-12(15)20-11/h2-7H,1H3,(H2,16,17,19,21). The molecule has 0 aliphatic carbocycles. The smallest absolute Gasteiger partial charge is 0.293 e. The van der Waals surface area contributed by atoms with Gasteiger partial charge in [-0.3, -0.25) is 14.9 Å². The van der Waals surface area contributed by atoms with Crippen molar-refractivity contribution in [3.63, 3.8) is 0 Å². The first-order valence-electron chi connectivity index (χ1n) is 5.94. The average molecular weight is 367 g/mol. The molecule has 7 heteroatoms. The second-order valence-electron chi connectivity index (χ2n) is 4.15. The lowest BCUT2D eigenvalue weighted by molar-refractivity contribution is 0.0948. The first kappa shape index (κ1) is 15.4. The van der Waals surface area contributed by atoms with Gasteiger partial charge in [-0.25, -0.2) is 0 Å². The molecule has 0 fully saturated rings. The summed E-state index contributed by atoms with van der Waals surface area (Å²) in [7, 11) is 0. The number of Topliss-reactive ketones (excluding diaryl/α,β-unsaturated/α-hetero) is 1. The van der Waals surface area contributed by atoms with Crippen molar-refractivity contribution in [1.82, 2.24) is 5.32 Å². The van der Waals surface area contributed by atoms with Gasteiger partial charge in [-0.05, 0) is 71.5 Å². The van der Waals surface area contributed by atoms with E-state index >= 15 is 0 Å². The van der Waals surface area contributed by atoms with Crippen molar-refractivity contribution in [2.45, 2.75) is 6.92 Å². The molecule has 1 aromatic carbocycles. The van der Waals surface area contributed by atoms with Crippen molar-refractivity contribution < 1.29 is 14.0 Å². The van der Waals surface area contributed by atoms with Crippen LogP contribution in [0.25, 0.3) is 0 Å². The van der Waals surface area contributed by atoms with Crippen LogP contribution in [-0.4, -0.2) is 16.8 Å². The summed E-state index contributed by atoms with van der Waals surface area (Å²) in [5.41, 5.74) is 1.28. The predicted octanol–water partition coefficient (Wildman–Crippen LogP) is 3.37. The van der Waals surface area contributed by atoms with Crippen LogP contribution in [0, 0.1) is 0 Å². The SMILES string of the molecule is CC(=O)c1ccc(NC(=S)NC(=O)c2ccc(Br)o2)cc1. The molecule has 2 aromatic rings. The number of amides is 1. The van der Waals surface area contributed by atoms with E-state index in [0.29, 0.717) is 15.9 Å². The Morgan fingerprint density at radius 1 is 1.14 bits per heavy atom. The van der Waals surface area contributed by atoms with Crippen LogP contribution in [0.5, 0.6) is 0 Å². The van der Waals surface area contributed by atoms with Gasteiger partial charge in [0.2, 0.25) is 0 Å². The Morgan fingerprint density at radius 2 is 1.81 bits per heavy atom. The molecule has 0 radical (unpaired) electrons. The number of ketones is 1. The summed E-state index contributed by atoms with van der Waals surface area (Å²) in [6.07, 6.45) is 0. The van der Waals surface area contributed by atoms with E-state index in [0.717, 1.165) is 0 Å². The predicted molar refractivity (Wildman–Crippen MR) is 86.5 cm³/mol. The molecule has 0 bridgehead atoms. The number of carbonyl (C=O) groups is 2. The minimum absolute atomic E-state index is 0.0131. The average Bonchev–Trinajstić information content (AvgIpc) is 2.86. The molecule has 21 heavy (non-hydrogen) atoms. The quantitative estimate of drug-likeness (QED) is 0.643. The summed E-state index contributed by atoms with van der Waals surface area (Å²) in [4.78, 5) is 23.0. The van der Waals surface area contributed by atoms with E-state index in [1.54, 1.807) is 30.3 Å². The molecule has 2 N–H and O–H groups in total. The molecule has 5 nitrogen and oxygen atoms in total. The molecule has 1 heterocycles.